The molecule has 0 radical (unpaired) electrons. The van der Waals surface area contributed by atoms with Gasteiger partial charge in [0.2, 0.25) is 5.95 Å². The number of rotatable bonds is 4. The first-order valence-corrected chi connectivity index (χ1v) is 9.46. The number of aromatic nitrogens is 2. The molecule has 3 rings (SSSR count). The summed E-state index contributed by atoms with van der Waals surface area (Å²) in [6.45, 7) is 1.80. The molecule has 1 aliphatic rings. The molecule has 1 saturated heterocycles. The predicted octanol–water partition coefficient (Wildman–Crippen LogP) is 3.28. The fourth-order valence-corrected chi connectivity index (χ4v) is 3.62. The smallest absolute Gasteiger partial charge is 0.227 e. The molecule has 0 N–H and O–H groups in total. The third-order valence-electron chi connectivity index (χ3n) is 4.77. The number of hydrogen-bond acceptors (Lipinski definition) is 6. The van der Waals surface area contributed by atoms with Gasteiger partial charge in [0.15, 0.2) is 0 Å². The molecule has 0 amide bonds. The standard InChI is InChI=1S/C19H23BrN6/c1-24(2)18-8-9-22-19(23-18)25(3)16-5-4-10-26(13-16)17-11-15(20)7-6-14(17)12-21/h6-9,11,16H,4-5,10,13H2,1-3H3. The molecule has 2 aromatic rings. The van der Waals surface area contributed by atoms with E-state index in [0.29, 0.717) is 11.6 Å². The van der Waals surface area contributed by atoms with E-state index in [1.807, 2.05) is 43.3 Å². The van der Waals surface area contributed by atoms with E-state index >= 15 is 0 Å². The normalized spacial score (nSPS) is 16.9. The highest BCUT2D eigenvalue weighted by atomic mass is 79.9. The Morgan fingerprint density at radius 1 is 1.27 bits per heavy atom. The minimum absolute atomic E-state index is 0.298. The van der Waals surface area contributed by atoms with Crippen molar-refractivity contribution in [2.45, 2.75) is 18.9 Å². The summed E-state index contributed by atoms with van der Waals surface area (Å²) in [5.41, 5.74) is 1.70. The van der Waals surface area contributed by atoms with Gasteiger partial charge >= 0.3 is 0 Å². The molecule has 1 unspecified atom stereocenters. The van der Waals surface area contributed by atoms with Crippen molar-refractivity contribution in [1.82, 2.24) is 9.97 Å². The molecule has 136 valence electrons. The molecular formula is C19H23BrN6. The van der Waals surface area contributed by atoms with Crippen molar-refractivity contribution < 1.29 is 0 Å². The number of hydrogen-bond donors (Lipinski definition) is 0. The van der Waals surface area contributed by atoms with Crippen LogP contribution >= 0.6 is 15.9 Å². The number of anilines is 3. The Morgan fingerprint density at radius 3 is 2.81 bits per heavy atom. The van der Waals surface area contributed by atoms with Crippen LogP contribution in [0.3, 0.4) is 0 Å². The molecular weight excluding hydrogens is 392 g/mol. The van der Waals surface area contributed by atoms with Gasteiger partial charge in [0.1, 0.15) is 11.9 Å². The Labute approximate surface area is 163 Å². The Balaban J connectivity index is 1.82. The molecule has 1 aliphatic heterocycles. The van der Waals surface area contributed by atoms with E-state index < -0.39 is 0 Å². The molecule has 0 spiro atoms. The quantitative estimate of drug-likeness (QED) is 0.764. The highest BCUT2D eigenvalue weighted by Crippen LogP contribution is 2.29. The number of likely N-dealkylation sites (N-methyl/N-ethyl adjacent to an activating group) is 1. The second kappa shape index (κ2) is 7.92. The predicted molar refractivity (Wildman–Crippen MR) is 109 cm³/mol. The Morgan fingerprint density at radius 2 is 2.08 bits per heavy atom. The van der Waals surface area contributed by atoms with E-state index in [0.717, 1.165) is 47.9 Å². The van der Waals surface area contributed by atoms with Crippen LogP contribution in [0.25, 0.3) is 0 Å². The van der Waals surface area contributed by atoms with Crippen LogP contribution in [0, 0.1) is 11.3 Å². The van der Waals surface area contributed by atoms with Crippen LogP contribution in [-0.2, 0) is 0 Å². The van der Waals surface area contributed by atoms with Gasteiger partial charge in [-0.05, 0) is 37.1 Å². The summed E-state index contributed by atoms with van der Waals surface area (Å²) in [7, 11) is 6.01. The minimum atomic E-state index is 0.298. The zero-order chi connectivity index (χ0) is 18.7. The number of nitrogens with zero attached hydrogens (tertiary/aromatic N) is 6. The van der Waals surface area contributed by atoms with E-state index in [1.165, 1.54) is 0 Å². The maximum absolute atomic E-state index is 9.45. The van der Waals surface area contributed by atoms with Crippen molar-refractivity contribution in [3.8, 4) is 6.07 Å². The van der Waals surface area contributed by atoms with Gasteiger partial charge in [-0.25, -0.2) is 4.98 Å². The van der Waals surface area contributed by atoms with Crippen LogP contribution < -0.4 is 14.7 Å². The van der Waals surface area contributed by atoms with Gasteiger partial charge in [-0.2, -0.15) is 10.2 Å². The summed E-state index contributed by atoms with van der Waals surface area (Å²) in [6, 6.07) is 10.3. The van der Waals surface area contributed by atoms with Gasteiger partial charge in [0.25, 0.3) is 0 Å². The Hall–Kier alpha value is -2.33. The second-order valence-electron chi connectivity index (χ2n) is 6.74. The average molecular weight is 415 g/mol. The lowest BCUT2D eigenvalue weighted by Crippen LogP contribution is -2.47. The average Bonchev–Trinajstić information content (AvgIpc) is 2.67. The molecule has 1 aromatic carbocycles. The van der Waals surface area contributed by atoms with Gasteiger partial charge in [-0.1, -0.05) is 15.9 Å². The second-order valence-corrected chi connectivity index (χ2v) is 7.65. The molecule has 1 atom stereocenters. The van der Waals surface area contributed by atoms with E-state index in [1.54, 1.807) is 6.20 Å². The topological polar surface area (TPSA) is 59.3 Å². The summed E-state index contributed by atoms with van der Waals surface area (Å²) in [6.07, 6.45) is 3.95. The number of piperidine rings is 1. The maximum atomic E-state index is 9.45. The van der Waals surface area contributed by atoms with Crippen LogP contribution in [0.4, 0.5) is 17.5 Å². The first kappa shape index (κ1) is 18.5. The van der Waals surface area contributed by atoms with Gasteiger partial charge in [-0.3, -0.25) is 0 Å². The third kappa shape index (κ3) is 3.91. The first-order chi connectivity index (χ1) is 12.5. The zero-order valence-electron chi connectivity index (χ0n) is 15.4. The zero-order valence-corrected chi connectivity index (χ0v) is 16.9. The SMILES string of the molecule is CN(C)c1ccnc(N(C)C2CCCN(c3cc(Br)ccc3C#N)C2)n1. The highest BCUT2D eigenvalue weighted by Gasteiger charge is 2.26. The van der Waals surface area contributed by atoms with Crippen molar-refractivity contribution in [3.63, 3.8) is 0 Å². The van der Waals surface area contributed by atoms with E-state index in [2.05, 4.69) is 48.8 Å². The van der Waals surface area contributed by atoms with Crippen molar-refractivity contribution in [3.05, 3.63) is 40.5 Å². The third-order valence-corrected chi connectivity index (χ3v) is 5.26. The molecule has 0 aliphatic carbocycles. The lowest BCUT2D eigenvalue weighted by molar-refractivity contribution is 0.483. The molecule has 0 bridgehead atoms. The van der Waals surface area contributed by atoms with Crippen molar-refractivity contribution >= 4 is 33.4 Å². The number of halogens is 1. The van der Waals surface area contributed by atoms with Gasteiger partial charge in [0.05, 0.1) is 11.3 Å². The largest absolute Gasteiger partial charge is 0.368 e. The van der Waals surface area contributed by atoms with E-state index in [9.17, 15) is 5.26 Å². The number of benzene rings is 1. The van der Waals surface area contributed by atoms with Crippen LogP contribution in [0.5, 0.6) is 0 Å². The Kier molecular flexibility index (Phi) is 5.62. The summed E-state index contributed by atoms with van der Waals surface area (Å²) in [5.74, 6) is 1.63. The number of nitriles is 1. The minimum Gasteiger partial charge on any atom is -0.368 e. The van der Waals surface area contributed by atoms with E-state index in [4.69, 9.17) is 0 Å². The molecule has 2 heterocycles. The molecule has 1 fully saturated rings. The summed E-state index contributed by atoms with van der Waals surface area (Å²) in [5, 5.41) is 9.45. The highest BCUT2D eigenvalue weighted by molar-refractivity contribution is 9.10. The van der Waals surface area contributed by atoms with Crippen molar-refractivity contribution in [2.24, 2.45) is 0 Å². The summed E-state index contributed by atoms with van der Waals surface area (Å²) in [4.78, 5) is 15.5. The van der Waals surface area contributed by atoms with Crippen LogP contribution in [0.15, 0.2) is 34.9 Å². The fraction of sp³-hybridized carbons (Fsp3) is 0.421. The Bertz CT molecular complexity index is 816. The lowest BCUT2D eigenvalue weighted by Gasteiger charge is -2.39. The molecule has 0 saturated carbocycles. The first-order valence-electron chi connectivity index (χ1n) is 8.67. The van der Waals surface area contributed by atoms with Crippen LogP contribution in [0.1, 0.15) is 18.4 Å². The van der Waals surface area contributed by atoms with Crippen molar-refractivity contribution in [1.29, 1.82) is 5.26 Å². The van der Waals surface area contributed by atoms with Gasteiger partial charge in [-0.15, -0.1) is 0 Å². The maximum Gasteiger partial charge on any atom is 0.227 e. The summed E-state index contributed by atoms with van der Waals surface area (Å²) >= 11 is 3.52. The van der Waals surface area contributed by atoms with Gasteiger partial charge in [0, 0.05) is 50.9 Å². The molecule has 26 heavy (non-hydrogen) atoms. The molecule has 7 heteroatoms. The van der Waals surface area contributed by atoms with Gasteiger partial charge < -0.3 is 14.7 Å². The summed E-state index contributed by atoms with van der Waals surface area (Å²) < 4.78 is 0.990. The van der Waals surface area contributed by atoms with E-state index in [-0.39, 0.29) is 0 Å². The fourth-order valence-electron chi connectivity index (χ4n) is 3.27. The van der Waals surface area contributed by atoms with Crippen LogP contribution in [-0.4, -0.2) is 50.2 Å². The van der Waals surface area contributed by atoms with Crippen LogP contribution in [0.2, 0.25) is 0 Å². The van der Waals surface area contributed by atoms with Crippen molar-refractivity contribution in [2.75, 3.05) is 48.9 Å². The molecule has 6 nitrogen and oxygen atoms in total. The monoisotopic (exact) mass is 414 g/mol. The molecule has 1 aromatic heterocycles. The lowest BCUT2D eigenvalue weighted by atomic mass is 10.0.